The van der Waals surface area contributed by atoms with Crippen LogP contribution in [-0.4, -0.2) is 28.4 Å². The Bertz CT molecular complexity index is 1600. The minimum absolute atomic E-state index is 0.117. The molecule has 0 saturated heterocycles. The molecule has 0 aliphatic rings. The van der Waals surface area contributed by atoms with Gasteiger partial charge in [0.1, 0.15) is 17.2 Å². The maximum absolute atomic E-state index is 12.8. The molecule has 10 heteroatoms. The Morgan fingerprint density at radius 1 is 0.730 bits per heavy atom. The fourth-order valence-corrected chi connectivity index (χ4v) is 4.64. The smallest absolute Gasteiger partial charge is 0.261 e. The molecule has 0 bridgehead atoms. The molecule has 0 aliphatic carbocycles. The number of hydrogen-bond acceptors (Lipinski definition) is 7. The molecule has 5 rings (SSSR count). The van der Waals surface area contributed by atoms with Crippen LogP contribution in [0.5, 0.6) is 23.1 Å². The van der Waals surface area contributed by atoms with Gasteiger partial charge in [0.15, 0.2) is 5.82 Å². The Labute approximate surface area is 214 Å². The first kappa shape index (κ1) is 24.0. The van der Waals surface area contributed by atoms with E-state index in [1.165, 1.54) is 12.1 Å². The number of aromatic nitrogens is 4. The molecule has 0 fully saturated rings. The first-order chi connectivity index (χ1) is 17.9. The highest BCUT2D eigenvalue weighted by atomic mass is 32.2. The van der Waals surface area contributed by atoms with Gasteiger partial charge in [-0.05, 0) is 86.6 Å². The second-order valence-corrected chi connectivity index (χ2v) is 9.87. The molecular formula is C27H23N5O4S. The Hall–Kier alpha value is -4.70. The van der Waals surface area contributed by atoms with E-state index in [2.05, 4.69) is 20.0 Å². The van der Waals surface area contributed by atoms with Gasteiger partial charge in [0, 0.05) is 17.4 Å². The van der Waals surface area contributed by atoms with Crippen LogP contribution in [0.15, 0.2) is 102 Å². The summed E-state index contributed by atoms with van der Waals surface area (Å²) in [5.74, 6) is 2.58. The zero-order chi connectivity index (χ0) is 25.8. The first-order valence-corrected chi connectivity index (χ1v) is 12.9. The summed E-state index contributed by atoms with van der Waals surface area (Å²) in [7, 11) is -3.78. The van der Waals surface area contributed by atoms with Crippen LogP contribution in [0.25, 0.3) is 5.82 Å². The van der Waals surface area contributed by atoms with Gasteiger partial charge in [-0.25, -0.2) is 13.1 Å². The molecule has 0 aliphatic heterocycles. The SMILES string of the molecule is Cc1cc(C)n(-c2ccc(Oc3ccc(NS(=O)(=O)c4ccc(Oc5ccccc5)cc4)cc3)nn2)n1. The van der Waals surface area contributed by atoms with E-state index < -0.39 is 10.0 Å². The summed E-state index contributed by atoms with van der Waals surface area (Å²) in [6.07, 6.45) is 0. The van der Waals surface area contributed by atoms with E-state index in [0.29, 0.717) is 34.6 Å². The van der Waals surface area contributed by atoms with Crippen molar-refractivity contribution in [1.82, 2.24) is 20.0 Å². The van der Waals surface area contributed by atoms with E-state index in [1.807, 2.05) is 50.2 Å². The lowest BCUT2D eigenvalue weighted by Crippen LogP contribution is -2.12. The largest absolute Gasteiger partial charge is 0.457 e. The highest BCUT2D eigenvalue weighted by Crippen LogP contribution is 2.26. The first-order valence-electron chi connectivity index (χ1n) is 11.4. The lowest BCUT2D eigenvalue weighted by atomic mass is 10.3. The summed E-state index contributed by atoms with van der Waals surface area (Å²) in [6.45, 7) is 3.85. The van der Waals surface area contributed by atoms with Gasteiger partial charge in [0.05, 0.1) is 10.6 Å². The molecule has 0 atom stereocenters. The molecule has 186 valence electrons. The molecule has 9 nitrogen and oxygen atoms in total. The van der Waals surface area contributed by atoms with E-state index in [1.54, 1.807) is 53.2 Å². The van der Waals surface area contributed by atoms with Crippen LogP contribution in [0.1, 0.15) is 11.4 Å². The fourth-order valence-electron chi connectivity index (χ4n) is 3.58. The maximum atomic E-state index is 12.8. The van der Waals surface area contributed by atoms with Crippen LogP contribution in [0.3, 0.4) is 0 Å². The summed E-state index contributed by atoms with van der Waals surface area (Å²) >= 11 is 0. The van der Waals surface area contributed by atoms with Crippen molar-refractivity contribution in [2.24, 2.45) is 0 Å². The van der Waals surface area contributed by atoms with Crippen LogP contribution in [0.2, 0.25) is 0 Å². The van der Waals surface area contributed by atoms with Gasteiger partial charge in [0.25, 0.3) is 10.0 Å². The van der Waals surface area contributed by atoms with Crippen LogP contribution >= 0.6 is 0 Å². The second kappa shape index (κ2) is 10.1. The summed E-state index contributed by atoms with van der Waals surface area (Å²) in [5, 5.41) is 12.7. The zero-order valence-electron chi connectivity index (χ0n) is 20.1. The number of rotatable bonds is 8. The molecule has 37 heavy (non-hydrogen) atoms. The van der Waals surface area contributed by atoms with E-state index in [0.717, 1.165) is 11.4 Å². The number of aryl methyl sites for hydroxylation is 2. The molecule has 5 aromatic rings. The van der Waals surface area contributed by atoms with Crippen molar-refractivity contribution in [2.45, 2.75) is 18.7 Å². The van der Waals surface area contributed by atoms with Gasteiger partial charge in [-0.2, -0.15) is 5.10 Å². The van der Waals surface area contributed by atoms with E-state index in [9.17, 15) is 8.42 Å². The topological polar surface area (TPSA) is 108 Å². The normalized spacial score (nSPS) is 11.2. The van der Waals surface area contributed by atoms with E-state index in [4.69, 9.17) is 9.47 Å². The Morgan fingerprint density at radius 3 is 2.00 bits per heavy atom. The molecule has 0 amide bonds. The monoisotopic (exact) mass is 513 g/mol. The third-order valence-electron chi connectivity index (χ3n) is 5.29. The molecular weight excluding hydrogens is 490 g/mol. The molecule has 1 N–H and O–H groups in total. The predicted octanol–water partition coefficient (Wildman–Crippen LogP) is 5.66. The van der Waals surface area contributed by atoms with Gasteiger partial charge in [-0.15, -0.1) is 10.2 Å². The Morgan fingerprint density at radius 2 is 1.38 bits per heavy atom. The average molecular weight is 514 g/mol. The molecule has 3 aromatic carbocycles. The predicted molar refractivity (Wildman–Crippen MR) is 139 cm³/mol. The number of hydrogen-bond donors (Lipinski definition) is 1. The van der Waals surface area contributed by atoms with Crippen LogP contribution in [0.4, 0.5) is 5.69 Å². The molecule has 2 aromatic heterocycles. The molecule has 0 saturated carbocycles. The number of nitrogens with one attached hydrogen (secondary N) is 1. The van der Waals surface area contributed by atoms with Gasteiger partial charge in [-0.3, -0.25) is 4.72 Å². The van der Waals surface area contributed by atoms with Gasteiger partial charge in [-0.1, -0.05) is 18.2 Å². The quantitative estimate of drug-likeness (QED) is 0.285. The minimum atomic E-state index is -3.78. The Kier molecular flexibility index (Phi) is 6.57. The lowest BCUT2D eigenvalue weighted by Gasteiger charge is -2.10. The van der Waals surface area contributed by atoms with Gasteiger partial charge in [0.2, 0.25) is 5.88 Å². The van der Waals surface area contributed by atoms with Gasteiger partial charge < -0.3 is 9.47 Å². The Balaban J connectivity index is 1.21. The second-order valence-electron chi connectivity index (χ2n) is 8.19. The molecule has 0 unspecified atom stereocenters. The van der Waals surface area contributed by atoms with Crippen molar-refractivity contribution < 1.29 is 17.9 Å². The van der Waals surface area contributed by atoms with Crippen molar-refractivity contribution in [3.8, 4) is 28.9 Å². The van der Waals surface area contributed by atoms with Gasteiger partial charge >= 0.3 is 0 Å². The van der Waals surface area contributed by atoms with Crippen molar-refractivity contribution in [1.29, 1.82) is 0 Å². The summed E-state index contributed by atoms with van der Waals surface area (Å²) in [4.78, 5) is 0.117. The number of ether oxygens (including phenoxy) is 2. The lowest BCUT2D eigenvalue weighted by molar-refractivity contribution is 0.454. The fraction of sp³-hybridized carbons (Fsp3) is 0.0741. The highest BCUT2D eigenvalue weighted by molar-refractivity contribution is 7.92. The molecule has 0 radical (unpaired) electrons. The summed E-state index contributed by atoms with van der Waals surface area (Å²) < 4.78 is 41.4. The van der Waals surface area contributed by atoms with Crippen molar-refractivity contribution >= 4 is 15.7 Å². The maximum Gasteiger partial charge on any atom is 0.261 e. The molecule has 2 heterocycles. The van der Waals surface area contributed by atoms with Crippen molar-refractivity contribution in [3.63, 3.8) is 0 Å². The van der Waals surface area contributed by atoms with Crippen molar-refractivity contribution in [2.75, 3.05) is 4.72 Å². The van der Waals surface area contributed by atoms with Crippen LogP contribution < -0.4 is 14.2 Å². The standard InChI is InChI=1S/C27H23N5O4S/c1-19-18-20(2)32(30-19)26-16-17-27(29-28-26)36-24-10-8-21(9-11-24)31-37(33,34)25-14-12-23(13-15-25)35-22-6-4-3-5-7-22/h3-18,31H,1-2H3. The van der Waals surface area contributed by atoms with E-state index >= 15 is 0 Å². The highest BCUT2D eigenvalue weighted by Gasteiger charge is 2.15. The van der Waals surface area contributed by atoms with E-state index in [-0.39, 0.29) is 4.90 Å². The third kappa shape index (κ3) is 5.76. The van der Waals surface area contributed by atoms with Crippen LogP contribution in [-0.2, 0) is 10.0 Å². The minimum Gasteiger partial charge on any atom is -0.457 e. The average Bonchev–Trinajstić information content (AvgIpc) is 3.24. The number of anilines is 1. The number of sulfonamides is 1. The van der Waals surface area contributed by atoms with Crippen molar-refractivity contribution in [3.05, 3.63) is 108 Å². The number of para-hydroxylation sites is 1. The third-order valence-corrected chi connectivity index (χ3v) is 6.69. The number of benzene rings is 3. The van der Waals surface area contributed by atoms with Crippen LogP contribution in [0, 0.1) is 13.8 Å². The molecule has 0 spiro atoms. The summed E-state index contributed by atoms with van der Waals surface area (Å²) in [5.41, 5.74) is 2.24. The number of nitrogens with zero attached hydrogens (tertiary/aromatic N) is 4. The zero-order valence-corrected chi connectivity index (χ0v) is 20.9. The summed E-state index contributed by atoms with van der Waals surface area (Å²) in [6, 6.07) is 27.4.